The lowest BCUT2D eigenvalue weighted by Gasteiger charge is -2.24. The molecule has 0 aliphatic heterocycles. The smallest absolute Gasteiger partial charge is 0.0725 e. The highest BCUT2D eigenvalue weighted by molar-refractivity contribution is 6.00. The zero-order valence-corrected chi connectivity index (χ0v) is 59.6. The average molecular weight is 1420 g/mol. The fourth-order valence-electron chi connectivity index (χ4n) is 13.9. The molecule has 0 saturated carbocycles. The van der Waals surface area contributed by atoms with E-state index < -0.39 is 0 Å². The van der Waals surface area contributed by atoms with Crippen molar-refractivity contribution < 1.29 is 0 Å². The molecule has 16 aromatic heterocycles. The summed E-state index contributed by atoms with van der Waals surface area (Å²) in [6.45, 7) is 4.31. The molecule has 520 valence electrons. The molecule has 0 amide bonds. The third-order valence-electron chi connectivity index (χ3n) is 19.0. The molecule has 0 N–H and O–H groups in total. The van der Waals surface area contributed by atoms with E-state index in [1.54, 1.807) is 49.6 Å². The molecule has 0 fully saturated rings. The minimum Gasteiger partial charge on any atom is -0.264 e. The summed E-state index contributed by atoms with van der Waals surface area (Å²) in [7, 11) is 0. The van der Waals surface area contributed by atoms with Gasteiger partial charge in [-0.05, 0) is 229 Å². The van der Waals surface area contributed by atoms with Crippen molar-refractivity contribution >= 4 is 0 Å². The first kappa shape index (κ1) is 68.0. The fraction of sp³-hybridized carbons (Fsp3) is 0.0213. The minimum absolute atomic E-state index is 0.809. The maximum Gasteiger partial charge on any atom is 0.0725 e. The Balaban J connectivity index is 0.000000160. The van der Waals surface area contributed by atoms with Gasteiger partial charge in [-0.15, -0.1) is 0 Å². The van der Waals surface area contributed by atoms with Crippen molar-refractivity contribution in [3.05, 3.63) is 366 Å². The van der Waals surface area contributed by atoms with Crippen LogP contribution < -0.4 is 0 Å². The first-order valence-corrected chi connectivity index (χ1v) is 35.7. The Morgan fingerprint density at radius 3 is 0.600 bits per heavy atom. The Hall–Kier alpha value is -15.2. The molecule has 18 rings (SSSR count). The van der Waals surface area contributed by atoms with Crippen LogP contribution in [0, 0.1) is 13.8 Å². The van der Waals surface area contributed by atoms with E-state index in [9.17, 15) is 0 Å². The molecule has 18 aromatic rings. The Bertz CT molecular complexity index is 5530. The summed E-state index contributed by atoms with van der Waals surface area (Å²) >= 11 is 0. The van der Waals surface area contributed by atoms with E-state index in [2.05, 4.69) is 139 Å². The summed E-state index contributed by atoms with van der Waals surface area (Å²) in [5.41, 5.74) is 30.7. The number of benzene rings is 2. The summed E-state index contributed by atoms with van der Waals surface area (Å²) in [5.74, 6) is 0. The minimum atomic E-state index is 0.809. The topological polar surface area (TPSA) is 206 Å². The highest BCUT2D eigenvalue weighted by Gasteiger charge is 2.28. The molecule has 0 bridgehead atoms. The van der Waals surface area contributed by atoms with Gasteiger partial charge in [-0.2, -0.15) is 0 Å². The summed E-state index contributed by atoms with van der Waals surface area (Å²) in [5, 5.41) is 0. The average Bonchev–Trinajstić information content (AvgIpc) is 0.731. The zero-order chi connectivity index (χ0) is 74.0. The van der Waals surface area contributed by atoms with Crippen molar-refractivity contribution in [1.29, 1.82) is 0 Å². The number of rotatable bonds is 16. The van der Waals surface area contributed by atoms with E-state index in [0.717, 1.165) is 191 Å². The predicted molar refractivity (Wildman–Crippen MR) is 434 cm³/mol. The van der Waals surface area contributed by atoms with Crippen molar-refractivity contribution in [2.45, 2.75) is 13.8 Å². The third kappa shape index (κ3) is 14.4. The van der Waals surface area contributed by atoms with Crippen molar-refractivity contribution in [2.75, 3.05) is 0 Å². The van der Waals surface area contributed by atoms with E-state index in [1.165, 1.54) is 0 Å². The van der Waals surface area contributed by atoms with Gasteiger partial charge in [0.05, 0.1) is 68.3 Å². The van der Waals surface area contributed by atoms with Gasteiger partial charge in [0.1, 0.15) is 0 Å². The molecule has 16 heteroatoms. The van der Waals surface area contributed by atoms with Crippen LogP contribution in [0.15, 0.2) is 354 Å². The lowest BCUT2D eigenvalue weighted by Crippen LogP contribution is -2.05. The second-order valence-corrected chi connectivity index (χ2v) is 26.0. The summed E-state index contributed by atoms with van der Waals surface area (Å²) in [4.78, 5) is 76.1. The van der Waals surface area contributed by atoms with Crippen LogP contribution in [-0.2, 0) is 0 Å². The summed E-state index contributed by atoms with van der Waals surface area (Å²) in [6.07, 6.45) is 36.6. The van der Waals surface area contributed by atoms with Crippen molar-refractivity contribution in [3.8, 4) is 180 Å². The summed E-state index contributed by atoms with van der Waals surface area (Å²) in [6, 6.07) is 77.0. The van der Waals surface area contributed by atoms with Gasteiger partial charge in [0.15, 0.2) is 0 Å². The SMILES string of the molecule is Cc1c(-c2cccc(-c3cccnc3)n2)c(-c2cccc(-c3cccnc3)n2)c(C)c(-c2cccc(-c3cccnc3)n2)c1-c1cccc(-c2cccnc2)n1.c1ccc(-c2cncc(-c3cc(-c4cncc(-c5ccccn5)c4)c(-c4cncc(-c5ccccn5)c4)cc3-c3cncc(-c4ccccn4)c3)c2)nc1. The quantitative estimate of drug-likeness (QED) is 0.0881. The molecular formula is C94H64N16. The second-order valence-electron chi connectivity index (χ2n) is 26.0. The van der Waals surface area contributed by atoms with Gasteiger partial charge in [-0.25, -0.2) is 19.9 Å². The third-order valence-corrected chi connectivity index (χ3v) is 19.0. The Labute approximate surface area is 635 Å². The van der Waals surface area contributed by atoms with Crippen molar-refractivity contribution in [1.82, 2.24) is 79.7 Å². The van der Waals surface area contributed by atoms with E-state index in [4.69, 9.17) is 39.9 Å². The zero-order valence-electron chi connectivity index (χ0n) is 59.6. The van der Waals surface area contributed by atoms with E-state index in [1.807, 2.05) is 220 Å². The normalized spacial score (nSPS) is 11.0. The molecule has 110 heavy (non-hydrogen) atoms. The number of pyridine rings is 16. The lowest BCUT2D eigenvalue weighted by atomic mass is 9.82. The lowest BCUT2D eigenvalue weighted by molar-refractivity contribution is 1.22. The van der Waals surface area contributed by atoms with E-state index in [-0.39, 0.29) is 0 Å². The van der Waals surface area contributed by atoms with Crippen LogP contribution in [0.2, 0.25) is 0 Å². The van der Waals surface area contributed by atoms with Gasteiger partial charge in [0.2, 0.25) is 0 Å². The number of nitrogens with zero attached hydrogens (tertiary/aromatic N) is 16. The van der Waals surface area contributed by atoms with Gasteiger partial charge >= 0.3 is 0 Å². The van der Waals surface area contributed by atoms with E-state index >= 15 is 0 Å². The molecule has 0 atom stereocenters. The number of hydrogen-bond acceptors (Lipinski definition) is 16. The fourth-order valence-corrected chi connectivity index (χ4v) is 13.9. The van der Waals surface area contributed by atoms with Crippen LogP contribution >= 0.6 is 0 Å². The molecular weight excluding hydrogens is 1350 g/mol. The van der Waals surface area contributed by atoms with Gasteiger partial charge < -0.3 is 0 Å². The van der Waals surface area contributed by atoms with Crippen LogP contribution in [0.3, 0.4) is 0 Å². The Morgan fingerprint density at radius 1 is 0.164 bits per heavy atom. The maximum atomic E-state index is 5.31. The molecule has 0 aliphatic rings. The van der Waals surface area contributed by atoms with Crippen LogP contribution in [0.5, 0.6) is 0 Å². The highest BCUT2D eigenvalue weighted by atomic mass is 14.8. The largest absolute Gasteiger partial charge is 0.264 e. The molecule has 16 heterocycles. The molecule has 2 aromatic carbocycles. The first-order chi connectivity index (χ1) is 54.4. The standard InChI is InChI=1S/C48H34N8.C46H30N8/c1-31-45(41-19-3-15-37(53-41)33-11-7-23-49-27-33)47(43-21-5-17-39(55-43)35-13-9-25-51-29-35)32(2)48(44-22-6-18-40(56-44)36-14-10-26-52-30-36)46(31)42-20-4-16-38(54-42)34-12-8-24-50-28-34;1-5-13-51-43(9-1)35-17-31(23-47-27-35)39-21-41(33-19-37(29-49-25-33)45-11-3-7-15-53-45)42(34-20-38(30-50-26-34)46-12-4-8-16-54-46)22-40(39)32-18-36(28-48-24-32)44-10-2-6-14-52-44/h3-30H,1-2H3;1-30H. The molecule has 0 radical (unpaired) electrons. The van der Waals surface area contributed by atoms with Crippen LogP contribution in [0.4, 0.5) is 0 Å². The van der Waals surface area contributed by atoms with Crippen LogP contribution in [0.25, 0.3) is 180 Å². The van der Waals surface area contributed by atoms with Gasteiger partial charge in [-0.1, -0.05) is 48.5 Å². The highest BCUT2D eigenvalue weighted by Crippen LogP contribution is 2.49. The molecule has 16 nitrogen and oxygen atoms in total. The van der Waals surface area contributed by atoms with Gasteiger partial charge in [-0.3, -0.25) is 59.8 Å². The van der Waals surface area contributed by atoms with Crippen molar-refractivity contribution in [3.63, 3.8) is 0 Å². The van der Waals surface area contributed by atoms with Crippen LogP contribution in [-0.4, -0.2) is 79.7 Å². The maximum absolute atomic E-state index is 5.31. The van der Waals surface area contributed by atoms with Crippen molar-refractivity contribution in [2.24, 2.45) is 0 Å². The number of hydrogen-bond donors (Lipinski definition) is 0. The number of aromatic nitrogens is 16. The van der Waals surface area contributed by atoms with Gasteiger partial charge in [0.25, 0.3) is 0 Å². The molecule has 0 unspecified atom stereocenters. The second kappa shape index (κ2) is 31.3. The predicted octanol–water partition coefficient (Wildman–Crippen LogP) is 21.0. The monoisotopic (exact) mass is 1420 g/mol. The van der Waals surface area contributed by atoms with Crippen LogP contribution in [0.1, 0.15) is 11.1 Å². The summed E-state index contributed by atoms with van der Waals surface area (Å²) < 4.78 is 0. The molecule has 0 saturated heterocycles. The molecule has 0 aliphatic carbocycles. The Kier molecular flexibility index (Phi) is 19.3. The first-order valence-electron chi connectivity index (χ1n) is 35.7. The Morgan fingerprint density at radius 2 is 0.382 bits per heavy atom. The van der Waals surface area contributed by atoms with Gasteiger partial charge in [0, 0.05) is 213 Å². The van der Waals surface area contributed by atoms with E-state index in [0.29, 0.717) is 0 Å². The molecule has 0 spiro atoms.